The van der Waals surface area contributed by atoms with Crippen molar-refractivity contribution in [2.45, 2.75) is 71.7 Å². The van der Waals surface area contributed by atoms with Crippen molar-refractivity contribution in [3.63, 3.8) is 0 Å². The highest BCUT2D eigenvalue weighted by atomic mass is 16.6. The van der Waals surface area contributed by atoms with Gasteiger partial charge in [0.2, 0.25) is 0 Å². The van der Waals surface area contributed by atoms with Gasteiger partial charge in [0.05, 0.1) is 13.2 Å². The van der Waals surface area contributed by atoms with E-state index in [0.717, 1.165) is 37.6 Å². The van der Waals surface area contributed by atoms with E-state index in [1.807, 2.05) is 0 Å². The van der Waals surface area contributed by atoms with Gasteiger partial charge in [-0.05, 0) is 59.2 Å². The second-order valence-corrected chi connectivity index (χ2v) is 12.4. The minimum atomic E-state index is 0.0128. The molecule has 5 rings (SSSR count). The molecule has 1 aliphatic carbocycles. The molecule has 4 heteroatoms. The van der Waals surface area contributed by atoms with Crippen LogP contribution in [0.1, 0.15) is 64.5 Å². The predicted octanol–water partition coefficient (Wildman–Crippen LogP) is 7.20. The molecule has 4 nitrogen and oxygen atoms in total. The van der Waals surface area contributed by atoms with Crippen LogP contribution in [0.25, 0.3) is 5.57 Å². The van der Waals surface area contributed by atoms with Gasteiger partial charge in [-0.15, -0.1) is 0 Å². The molecule has 4 unspecified atom stereocenters. The fourth-order valence-electron chi connectivity index (χ4n) is 5.58. The molecule has 3 aliphatic rings. The van der Waals surface area contributed by atoms with E-state index < -0.39 is 0 Å². The van der Waals surface area contributed by atoms with Gasteiger partial charge in [-0.1, -0.05) is 77.1 Å². The fraction of sp³-hybridized carbons (Fsp3) is 0.500. The van der Waals surface area contributed by atoms with Crippen molar-refractivity contribution in [1.29, 1.82) is 0 Å². The zero-order chi connectivity index (χ0) is 25.3. The minimum Gasteiger partial charge on any atom is -0.491 e. The van der Waals surface area contributed by atoms with Crippen LogP contribution in [0.15, 0.2) is 66.8 Å². The lowest BCUT2D eigenvalue weighted by molar-refractivity contribution is 0.0205. The Morgan fingerprint density at radius 1 is 0.944 bits per heavy atom. The first kappa shape index (κ1) is 25.1. The van der Waals surface area contributed by atoms with Crippen molar-refractivity contribution in [3.8, 4) is 11.5 Å². The normalized spacial score (nSPS) is 24.1. The van der Waals surface area contributed by atoms with E-state index in [1.165, 1.54) is 16.7 Å². The molecular formula is C32H40O4. The average molecular weight is 489 g/mol. The summed E-state index contributed by atoms with van der Waals surface area (Å²) in [6.45, 7) is 13.7. The van der Waals surface area contributed by atoms with Crippen molar-refractivity contribution >= 4 is 5.57 Å². The van der Waals surface area contributed by atoms with Gasteiger partial charge >= 0.3 is 0 Å². The second-order valence-electron chi connectivity index (χ2n) is 12.4. The number of hydrogen-bond donors (Lipinski definition) is 0. The van der Waals surface area contributed by atoms with Crippen LogP contribution < -0.4 is 9.47 Å². The molecular weight excluding hydrogens is 448 g/mol. The summed E-state index contributed by atoms with van der Waals surface area (Å²) in [5.74, 6) is 2.20. The maximum atomic E-state index is 6.62. The fourth-order valence-corrected chi connectivity index (χ4v) is 5.58. The van der Waals surface area contributed by atoms with Gasteiger partial charge in [-0.2, -0.15) is 0 Å². The Labute approximate surface area is 216 Å². The number of ether oxygens (including phenoxy) is 4. The van der Waals surface area contributed by atoms with Crippen LogP contribution >= 0.6 is 0 Å². The Morgan fingerprint density at radius 2 is 1.69 bits per heavy atom. The van der Waals surface area contributed by atoms with E-state index in [0.29, 0.717) is 12.5 Å². The highest BCUT2D eigenvalue weighted by molar-refractivity contribution is 5.76. The predicted molar refractivity (Wildman–Crippen MR) is 145 cm³/mol. The number of benzene rings is 2. The smallest absolute Gasteiger partial charge is 0.132 e. The topological polar surface area (TPSA) is 43.5 Å². The number of epoxide rings is 2. The summed E-state index contributed by atoms with van der Waals surface area (Å²) in [7, 11) is 0. The van der Waals surface area contributed by atoms with Gasteiger partial charge in [0.15, 0.2) is 0 Å². The van der Waals surface area contributed by atoms with Gasteiger partial charge in [0.1, 0.15) is 36.4 Å². The largest absolute Gasteiger partial charge is 0.491 e. The van der Waals surface area contributed by atoms with Gasteiger partial charge < -0.3 is 18.9 Å². The zero-order valence-corrected chi connectivity index (χ0v) is 22.3. The molecule has 4 atom stereocenters. The molecule has 2 heterocycles. The third-order valence-corrected chi connectivity index (χ3v) is 7.13. The van der Waals surface area contributed by atoms with Gasteiger partial charge in [0.25, 0.3) is 0 Å². The third kappa shape index (κ3) is 6.60. The summed E-state index contributed by atoms with van der Waals surface area (Å²) in [5, 5.41) is 0. The molecule has 192 valence electrons. The Bertz CT molecular complexity index is 1100. The molecule has 0 spiro atoms. The van der Waals surface area contributed by atoms with Gasteiger partial charge in [0, 0.05) is 11.3 Å². The Kier molecular flexibility index (Phi) is 7.02. The molecule has 36 heavy (non-hydrogen) atoms. The summed E-state index contributed by atoms with van der Waals surface area (Å²) in [5.41, 5.74) is 3.99. The van der Waals surface area contributed by atoms with E-state index in [4.69, 9.17) is 18.9 Å². The molecule has 2 aromatic carbocycles. The SMILES string of the molecule is CC(C)(C)CC(C)(C)C(Oc1cccc(C2=CCC(c3ccc(OCC4CO4)cc3)C=C2)c1)C1CO1. The highest BCUT2D eigenvalue weighted by Crippen LogP contribution is 2.42. The lowest BCUT2D eigenvalue weighted by Crippen LogP contribution is -2.41. The lowest BCUT2D eigenvalue weighted by Gasteiger charge is -2.38. The molecule has 2 aliphatic heterocycles. The monoisotopic (exact) mass is 488 g/mol. The quantitative estimate of drug-likeness (QED) is 0.332. The third-order valence-electron chi connectivity index (χ3n) is 7.13. The van der Waals surface area contributed by atoms with E-state index in [2.05, 4.69) is 101 Å². The van der Waals surface area contributed by atoms with Crippen molar-refractivity contribution in [1.82, 2.24) is 0 Å². The molecule has 0 aromatic heterocycles. The number of allylic oxidation sites excluding steroid dienone is 4. The zero-order valence-electron chi connectivity index (χ0n) is 22.3. The van der Waals surface area contributed by atoms with E-state index in [-0.39, 0.29) is 29.1 Å². The number of rotatable bonds is 10. The van der Waals surface area contributed by atoms with Crippen LogP contribution in [0.2, 0.25) is 0 Å². The standard InChI is InChI=1S/C32H40O4/c1-31(2,3)21-32(4,5)30(29-20-35-29)36-27-8-6-7-25(17-27)24-11-9-22(10-12-24)23-13-15-26(16-14-23)33-18-28-19-34-28/h6-9,11-17,22,28-30H,10,18-21H2,1-5H3. The first-order chi connectivity index (χ1) is 17.2. The average Bonchev–Trinajstić information content (AvgIpc) is 3.75. The molecule has 0 saturated carbocycles. The van der Waals surface area contributed by atoms with Crippen LogP contribution in [-0.2, 0) is 9.47 Å². The highest BCUT2D eigenvalue weighted by Gasteiger charge is 2.46. The van der Waals surface area contributed by atoms with E-state index in [9.17, 15) is 0 Å². The van der Waals surface area contributed by atoms with Crippen molar-refractivity contribution < 1.29 is 18.9 Å². The van der Waals surface area contributed by atoms with Crippen LogP contribution in [0.3, 0.4) is 0 Å². The first-order valence-electron chi connectivity index (χ1n) is 13.3. The molecule has 2 fully saturated rings. The van der Waals surface area contributed by atoms with Crippen LogP contribution in [0, 0.1) is 10.8 Å². The molecule has 0 N–H and O–H groups in total. The Hall–Kier alpha value is -2.56. The molecule has 0 bridgehead atoms. The summed E-state index contributed by atoms with van der Waals surface area (Å²) < 4.78 is 23.3. The minimum absolute atomic E-state index is 0.0128. The van der Waals surface area contributed by atoms with Gasteiger partial charge in [-0.25, -0.2) is 0 Å². The first-order valence-corrected chi connectivity index (χ1v) is 13.3. The summed E-state index contributed by atoms with van der Waals surface area (Å²) in [6, 6.07) is 17.0. The second kappa shape index (κ2) is 10.1. The summed E-state index contributed by atoms with van der Waals surface area (Å²) in [4.78, 5) is 0. The summed E-state index contributed by atoms with van der Waals surface area (Å²) in [6.07, 6.45) is 9.43. The van der Waals surface area contributed by atoms with Gasteiger partial charge in [-0.3, -0.25) is 0 Å². The van der Waals surface area contributed by atoms with Crippen molar-refractivity contribution in [2.24, 2.45) is 10.8 Å². The molecule has 0 amide bonds. The van der Waals surface area contributed by atoms with E-state index in [1.54, 1.807) is 0 Å². The number of hydrogen-bond acceptors (Lipinski definition) is 4. The van der Waals surface area contributed by atoms with Crippen LogP contribution in [0.4, 0.5) is 0 Å². The Morgan fingerprint density at radius 3 is 2.31 bits per heavy atom. The maximum Gasteiger partial charge on any atom is 0.132 e. The van der Waals surface area contributed by atoms with Crippen molar-refractivity contribution in [3.05, 3.63) is 77.9 Å². The molecule has 2 aromatic rings. The maximum absolute atomic E-state index is 6.62. The van der Waals surface area contributed by atoms with Crippen LogP contribution in [0.5, 0.6) is 11.5 Å². The molecule has 2 saturated heterocycles. The Balaban J connectivity index is 1.23. The summed E-state index contributed by atoms with van der Waals surface area (Å²) >= 11 is 0. The van der Waals surface area contributed by atoms with E-state index >= 15 is 0 Å². The van der Waals surface area contributed by atoms with Crippen LogP contribution in [-0.4, -0.2) is 38.1 Å². The van der Waals surface area contributed by atoms with Crippen molar-refractivity contribution in [2.75, 3.05) is 19.8 Å². The lowest BCUT2D eigenvalue weighted by atomic mass is 9.72. The molecule has 0 radical (unpaired) electrons.